The second kappa shape index (κ2) is 4.97. The van der Waals surface area contributed by atoms with E-state index >= 15 is 0 Å². The summed E-state index contributed by atoms with van der Waals surface area (Å²) in [5.41, 5.74) is 5.03. The minimum absolute atomic E-state index is 1.21. The number of benzene rings is 4. The topological polar surface area (TPSA) is 4.93 Å². The normalized spacial score (nSPS) is 11.5. The fourth-order valence-corrected chi connectivity index (χ4v) is 3.67. The summed E-state index contributed by atoms with van der Waals surface area (Å²) in [6, 6.07) is 30.6. The fraction of sp³-hybridized carbons (Fsp3) is 0.0435. The Bertz CT molecular complexity index is 1200. The van der Waals surface area contributed by atoms with Crippen LogP contribution < -0.4 is 0 Å². The quantitative estimate of drug-likeness (QED) is 0.345. The van der Waals surface area contributed by atoms with Gasteiger partial charge in [0.25, 0.3) is 0 Å². The van der Waals surface area contributed by atoms with Crippen LogP contribution in [0.1, 0.15) is 5.56 Å². The van der Waals surface area contributed by atoms with Gasteiger partial charge in [-0.1, -0.05) is 54.1 Å². The maximum absolute atomic E-state index is 2.37. The molecule has 4 aromatic carbocycles. The summed E-state index contributed by atoms with van der Waals surface area (Å²) in [5, 5.41) is 5.20. The Balaban J connectivity index is 2.03. The summed E-state index contributed by atoms with van der Waals surface area (Å²) < 4.78 is 2.37. The summed E-state index contributed by atoms with van der Waals surface area (Å²) in [7, 11) is 0. The summed E-state index contributed by atoms with van der Waals surface area (Å²) in [4.78, 5) is 0. The molecule has 0 unspecified atom stereocenters. The highest BCUT2D eigenvalue weighted by atomic mass is 15.0. The lowest BCUT2D eigenvalue weighted by Crippen LogP contribution is -1.93. The van der Waals surface area contributed by atoms with Gasteiger partial charge in [-0.25, -0.2) is 0 Å². The van der Waals surface area contributed by atoms with E-state index in [0.717, 1.165) is 0 Å². The Kier molecular flexibility index (Phi) is 2.77. The maximum atomic E-state index is 2.37. The number of hydrogen-bond donors (Lipinski definition) is 0. The predicted octanol–water partition coefficient (Wildman–Crippen LogP) is 6.25. The van der Waals surface area contributed by atoms with E-state index in [2.05, 4.69) is 96.4 Å². The number of rotatable bonds is 1. The molecule has 0 fully saturated rings. The molecule has 0 aliphatic heterocycles. The number of hydrogen-bond acceptors (Lipinski definition) is 0. The van der Waals surface area contributed by atoms with Gasteiger partial charge < -0.3 is 4.57 Å². The highest BCUT2D eigenvalue weighted by Gasteiger charge is 2.13. The van der Waals surface area contributed by atoms with E-state index in [-0.39, 0.29) is 0 Å². The molecule has 0 N–H and O–H groups in total. The van der Waals surface area contributed by atoms with Crippen molar-refractivity contribution in [2.75, 3.05) is 0 Å². The molecule has 1 nitrogen and oxygen atoms in total. The second-order valence-corrected chi connectivity index (χ2v) is 6.41. The zero-order valence-electron chi connectivity index (χ0n) is 13.5. The number of fused-ring (bicyclic) bond motifs is 4. The van der Waals surface area contributed by atoms with Crippen LogP contribution in [0.2, 0.25) is 0 Å². The van der Waals surface area contributed by atoms with Gasteiger partial charge in [0.2, 0.25) is 0 Å². The lowest BCUT2D eigenvalue weighted by molar-refractivity contribution is 1.18. The Morgan fingerprint density at radius 1 is 0.583 bits per heavy atom. The number of aromatic nitrogens is 1. The number of nitrogens with zero attached hydrogens (tertiary/aromatic N) is 1. The Morgan fingerprint density at radius 2 is 1.25 bits per heavy atom. The molecule has 0 spiro atoms. The van der Waals surface area contributed by atoms with Crippen molar-refractivity contribution in [3.05, 3.63) is 90.5 Å². The average Bonchev–Trinajstić information content (AvgIpc) is 2.93. The van der Waals surface area contributed by atoms with Gasteiger partial charge in [0.15, 0.2) is 0 Å². The van der Waals surface area contributed by atoms with E-state index in [0.29, 0.717) is 0 Å². The van der Waals surface area contributed by atoms with Crippen molar-refractivity contribution < 1.29 is 0 Å². The van der Waals surface area contributed by atoms with Crippen molar-refractivity contribution in [2.45, 2.75) is 6.92 Å². The molecule has 0 aliphatic rings. The molecule has 0 saturated carbocycles. The predicted molar refractivity (Wildman–Crippen MR) is 103 cm³/mol. The lowest BCUT2D eigenvalue weighted by Gasteiger charge is -2.08. The van der Waals surface area contributed by atoms with Crippen LogP contribution in [0.25, 0.3) is 38.3 Å². The van der Waals surface area contributed by atoms with E-state index in [4.69, 9.17) is 0 Å². The molecule has 0 amide bonds. The first kappa shape index (κ1) is 13.4. The molecule has 0 aliphatic carbocycles. The van der Waals surface area contributed by atoms with Crippen LogP contribution in [0.3, 0.4) is 0 Å². The number of aryl methyl sites for hydroxylation is 1. The van der Waals surface area contributed by atoms with E-state index in [1.807, 2.05) is 0 Å². The van der Waals surface area contributed by atoms with E-state index in [1.54, 1.807) is 0 Å². The van der Waals surface area contributed by atoms with E-state index in [1.165, 1.54) is 43.8 Å². The smallest absolute Gasteiger partial charge is 0.0547 e. The van der Waals surface area contributed by atoms with Crippen LogP contribution in [0.15, 0.2) is 84.9 Å². The second-order valence-electron chi connectivity index (χ2n) is 6.41. The van der Waals surface area contributed by atoms with Crippen LogP contribution in [-0.2, 0) is 0 Å². The maximum Gasteiger partial charge on any atom is 0.0547 e. The largest absolute Gasteiger partial charge is 0.309 e. The van der Waals surface area contributed by atoms with Gasteiger partial charge in [-0.3, -0.25) is 0 Å². The fourth-order valence-electron chi connectivity index (χ4n) is 3.67. The summed E-state index contributed by atoms with van der Waals surface area (Å²) in [5.74, 6) is 0. The van der Waals surface area contributed by atoms with E-state index < -0.39 is 0 Å². The first-order valence-electron chi connectivity index (χ1n) is 8.30. The number of para-hydroxylation sites is 1. The van der Waals surface area contributed by atoms with Gasteiger partial charge in [0, 0.05) is 16.5 Å². The first-order valence-corrected chi connectivity index (χ1v) is 8.30. The Hall–Kier alpha value is -3.06. The van der Waals surface area contributed by atoms with Gasteiger partial charge in [-0.05, 0) is 54.1 Å². The van der Waals surface area contributed by atoms with Crippen molar-refractivity contribution in [3.8, 4) is 5.69 Å². The average molecular weight is 307 g/mol. The zero-order valence-corrected chi connectivity index (χ0v) is 13.5. The van der Waals surface area contributed by atoms with E-state index in [9.17, 15) is 0 Å². The van der Waals surface area contributed by atoms with Crippen LogP contribution in [0.5, 0.6) is 0 Å². The van der Waals surface area contributed by atoms with Gasteiger partial charge in [0.1, 0.15) is 0 Å². The standard InChI is InChI=1S/C23H17N/c1-16-11-12-22-20(13-16)21-14-17-7-5-6-8-18(17)15-23(21)24(22)19-9-3-2-4-10-19/h2-15H,1H3. The molecule has 1 heterocycles. The van der Waals surface area contributed by atoms with Crippen LogP contribution >= 0.6 is 0 Å². The van der Waals surface area contributed by atoms with Gasteiger partial charge in [0.05, 0.1) is 11.0 Å². The van der Waals surface area contributed by atoms with Crippen molar-refractivity contribution in [1.82, 2.24) is 4.57 Å². The SMILES string of the molecule is Cc1ccc2c(c1)c1cc3ccccc3cc1n2-c1ccccc1. The molecule has 5 aromatic rings. The van der Waals surface area contributed by atoms with Crippen molar-refractivity contribution in [1.29, 1.82) is 0 Å². The summed E-state index contributed by atoms with van der Waals surface area (Å²) >= 11 is 0. The van der Waals surface area contributed by atoms with Crippen LogP contribution in [0, 0.1) is 6.92 Å². The lowest BCUT2D eigenvalue weighted by atomic mass is 10.1. The summed E-state index contributed by atoms with van der Waals surface area (Å²) in [6.45, 7) is 2.16. The highest BCUT2D eigenvalue weighted by Crippen LogP contribution is 2.35. The minimum Gasteiger partial charge on any atom is -0.309 e. The Labute approximate surface area is 140 Å². The summed E-state index contributed by atoms with van der Waals surface area (Å²) in [6.07, 6.45) is 0. The zero-order chi connectivity index (χ0) is 16.1. The minimum atomic E-state index is 1.21. The third-order valence-corrected chi connectivity index (χ3v) is 4.80. The van der Waals surface area contributed by atoms with Crippen LogP contribution in [-0.4, -0.2) is 4.57 Å². The molecular formula is C23H17N. The molecule has 0 saturated heterocycles. The third-order valence-electron chi connectivity index (χ3n) is 4.80. The molecular weight excluding hydrogens is 290 g/mol. The molecule has 1 aromatic heterocycles. The molecule has 0 bridgehead atoms. The molecule has 0 radical (unpaired) electrons. The van der Waals surface area contributed by atoms with Gasteiger partial charge >= 0.3 is 0 Å². The van der Waals surface area contributed by atoms with Crippen molar-refractivity contribution in [3.63, 3.8) is 0 Å². The molecule has 114 valence electrons. The highest BCUT2D eigenvalue weighted by molar-refractivity contribution is 6.13. The Morgan fingerprint density at radius 3 is 2.04 bits per heavy atom. The van der Waals surface area contributed by atoms with Crippen molar-refractivity contribution in [2.24, 2.45) is 0 Å². The molecule has 0 atom stereocenters. The molecule has 5 rings (SSSR count). The van der Waals surface area contributed by atoms with Crippen molar-refractivity contribution >= 4 is 32.6 Å². The van der Waals surface area contributed by atoms with Crippen LogP contribution in [0.4, 0.5) is 0 Å². The van der Waals surface area contributed by atoms with Gasteiger partial charge in [-0.2, -0.15) is 0 Å². The molecule has 24 heavy (non-hydrogen) atoms. The third kappa shape index (κ3) is 1.88. The first-order chi connectivity index (χ1) is 11.8. The van der Waals surface area contributed by atoms with Gasteiger partial charge in [-0.15, -0.1) is 0 Å². The molecule has 1 heteroatoms. The monoisotopic (exact) mass is 307 g/mol.